The lowest BCUT2D eigenvalue weighted by atomic mass is 10.1. The van der Waals surface area contributed by atoms with E-state index in [2.05, 4.69) is 0 Å². The van der Waals surface area contributed by atoms with Gasteiger partial charge in [-0.1, -0.05) is 18.2 Å². The lowest BCUT2D eigenvalue weighted by Gasteiger charge is -2.26. The van der Waals surface area contributed by atoms with E-state index in [1.54, 1.807) is 25.3 Å². The van der Waals surface area contributed by atoms with Crippen LogP contribution in [0.1, 0.15) is 22.8 Å². The zero-order valence-corrected chi connectivity index (χ0v) is 12.5. The Hall–Kier alpha value is -2.49. The summed E-state index contributed by atoms with van der Waals surface area (Å²) in [5.41, 5.74) is 2.99. The van der Waals surface area contributed by atoms with Gasteiger partial charge in [-0.15, -0.1) is 0 Å². The zero-order chi connectivity index (χ0) is 15.4. The molecule has 4 heteroatoms. The summed E-state index contributed by atoms with van der Waals surface area (Å²) in [7, 11) is 1.57. The van der Waals surface area contributed by atoms with Crippen molar-refractivity contribution in [1.82, 2.24) is 0 Å². The number of nitrogens with zero attached hydrogens (tertiary/aromatic N) is 1. The molecule has 0 atom stereocenters. The van der Waals surface area contributed by atoms with Crippen molar-refractivity contribution >= 4 is 17.3 Å². The fraction of sp³-hybridized carbons (Fsp3) is 0.235. The normalized spacial score (nSPS) is 10.2. The van der Waals surface area contributed by atoms with Gasteiger partial charge in [0.15, 0.2) is 0 Å². The van der Waals surface area contributed by atoms with Gasteiger partial charge < -0.3 is 14.7 Å². The molecule has 0 aliphatic carbocycles. The molecule has 2 aromatic rings. The third-order valence-corrected chi connectivity index (χ3v) is 3.45. The molecule has 0 aliphatic rings. The summed E-state index contributed by atoms with van der Waals surface area (Å²) in [5, 5.41) is 9.42. The maximum Gasteiger partial charge on any atom is 0.337 e. The summed E-state index contributed by atoms with van der Waals surface area (Å²) >= 11 is 0. The highest BCUT2D eigenvalue weighted by atomic mass is 16.5. The smallest absolute Gasteiger partial charge is 0.337 e. The lowest BCUT2D eigenvalue weighted by molar-refractivity contribution is 0.0697. The van der Waals surface area contributed by atoms with Gasteiger partial charge in [0.2, 0.25) is 0 Å². The summed E-state index contributed by atoms with van der Waals surface area (Å²) in [6, 6.07) is 12.9. The molecular weight excluding hydrogens is 266 g/mol. The second kappa shape index (κ2) is 6.31. The van der Waals surface area contributed by atoms with Gasteiger partial charge >= 0.3 is 5.97 Å². The van der Waals surface area contributed by atoms with Crippen molar-refractivity contribution in [3.05, 3.63) is 53.6 Å². The van der Waals surface area contributed by atoms with Crippen LogP contribution in [0.4, 0.5) is 11.4 Å². The Morgan fingerprint density at radius 1 is 1.19 bits per heavy atom. The fourth-order valence-corrected chi connectivity index (χ4v) is 2.38. The maximum absolute atomic E-state index is 11.5. The average Bonchev–Trinajstić information content (AvgIpc) is 2.49. The molecule has 110 valence electrons. The fourth-order valence-electron chi connectivity index (χ4n) is 2.38. The van der Waals surface area contributed by atoms with E-state index >= 15 is 0 Å². The topological polar surface area (TPSA) is 49.8 Å². The molecule has 0 spiro atoms. The van der Waals surface area contributed by atoms with E-state index in [1.165, 1.54) is 0 Å². The van der Waals surface area contributed by atoms with Crippen LogP contribution in [0.5, 0.6) is 5.75 Å². The molecule has 0 bridgehead atoms. The Kier molecular flexibility index (Phi) is 4.48. The molecule has 0 saturated carbocycles. The van der Waals surface area contributed by atoms with E-state index in [4.69, 9.17) is 4.74 Å². The highest BCUT2D eigenvalue weighted by Gasteiger charge is 2.18. The van der Waals surface area contributed by atoms with E-state index < -0.39 is 5.97 Å². The van der Waals surface area contributed by atoms with Crippen LogP contribution in [-0.4, -0.2) is 24.7 Å². The minimum Gasteiger partial charge on any atom is -0.497 e. The molecule has 0 heterocycles. The first kappa shape index (κ1) is 14.9. The second-order valence-electron chi connectivity index (χ2n) is 4.72. The van der Waals surface area contributed by atoms with Crippen LogP contribution in [0.25, 0.3) is 0 Å². The number of carboxylic acids is 1. The van der Waals surface area contributed by atoms with Gasteiger partial charge in [-0.25, -0.2) is 4.79 Å². The predicted molar refractivity (Wildman–Crippen MR) is 83.8 cm³/mol. The van der Waals surface area contributed by atoms with Crippen molar-refractivity contribution in [2.45, 2.75) is 13.8 Å². The third-order valence-electron chi connectivity index (χ3n) is 3.45. The van der Waals surface area contributed by atoms with Crippen molar-refractivity contribution < 1.29 is 14.6 Å². The lowest BCUT2D eigenvalue weighted by Crippen LogP contribution is -2.20. The van der Waals surface area contributed by atoms with Gasteiger partial charge in [0, 0.05) is 18.3 Å². The molecule has 0 aromatic heterocycles. The van der Waals surface area contributed by atoms with Crippen molar-refractivity contribution in [2.75, 3.05) is 18.6 Å². The Labute approximate surface area is 124 Å². The van der Waals surface area contributed by atoms with Crippen LogP contribution in [0.15, 0.2) is 42.5 Å². The van der Waals surface area contributed by atoms with Gasteiger partial charge in [0.05, 0.1) is 18.4 Å². The van der Waals surface area contributed by atoms with Crippen molar-refractivity contribution in [3.63, 3.8) is 0 Å². The van der Waals surface area contributed by atoms with Crippen LogP contribution in [0, 0.1) is 6.92 Å². The number of hydrogen-bond donors (Lipinski definition) is 1. The van der Waals surface area contributed by atoms with E-state index in [0.717, 1.165) is 11.3 Å². The Morgan fingerprint density at radius 2 is 1.90 bits per heavy atom. The Bertz CT molecular complexity index is 652. The van der Waals surface area contributed by atoms with E-state index in [9.17, 15) is 9.90 Å². The first-order valence-corrected chi connectivity index (χ1v) is 6.83. The molecule has 1 N–H and O–H groups in total. The van der Waals surface area contributed by atoms with Gasteiger partial charge in [-0.2, -0.15) is 0 Å². The number of aryl methyl sites for hydroxylation is 1. The van der Waals surface area contributed by atoms with Crippen molar-refractivity contribution in [3.8, 4) is 5.75 Å². The number of carboxylic acid groups (broad SMARTS) is 1. The number of para-hydroxylation sites is 1. The molecular formula is C17H19NO3. The van der Waals surface area contributed by atoms with Crippen LogP contribution in [0.2, 0.25) is 0 Å². The minimum atomic E-state index is -0.945. The molecule has 21 heavy (non-hydrogen) atoms. The number of rotatable bonds is 5. The molecule has 0 saturated heterocycles. The van der Waals surface area contributed by atoms with Gasteiger partial charge in [0.25, 0.3) is 0 Å². The van der Waals surface area contributed by atoms with Gasteiger partial charge in [0.1, 0.15) is 5.75 Å². The number of ether oxygens (including phenoxy) is 1. The molecule has 4 nitrogen and oxygen atoms in total. The number of anilines is 2. The van der Waals surface area contributed by atoms with Crippen molar-refractivity contribution in [1.29, 1.82) is 0 Å². The molecule has 2 aromatic carbocycles. The van der Waals surface area contributed by atoms with Gasteiger partial charge in [-0.05, 0) is 37.6 Å². The van der Waals surface area contributed by atoms with E-state index in [0.29, 0.717) is 18.0 Å². The predicted octanol–water partition coefficient (Wildman–Crippen LogP) is 3.86. The highest BCUT2D eigenvalue weighted by molar-refractivity contribution is 5.96. The molecule has 0 fully saturated rings. The molecule has 0 radical (unpaired) electrons. The van der Waals surface area contributed by atoms with E-state index in [-0.39, 0.29) is 5.56 Å². The van der Waals surface area contributed by atoms with Crippen LogP contribution < -0.4 is 9.64 Å². The number of benzene rings is 2. The first-order chi connectivity index (χ1) is 10.1. The SMILES string of the molecule is CCN(c1ccccc1C)c1cc(OC)ccc1C(=O)O. The first-order valence-electron chi connectivity index (χ1n) is 6.83. The average molecular weight is 285 g/mol. The highest BCUT2D eigenvalue weighted by Crippen LogP contribution is 2.33. The minimum absolute atomic E-state index is 0.265. The number of methoxy groups -OCH3 is 1. The summed E-state index contributed by atoms with van der Waals surface area (Å²) < 4.78 is 5.23. The number of hydrogen-bond acceptors (Lipinski definition) is 3. The zero-order valence-electron chi connectivity index (χ0n) is 12.5. The van der Waals surface area contributed by atoms with Crippen molar-refractivity contribution in [2.24, 2.45) is 0 Å². The quantitative estimate of drug-likeness (QED) is 0.906. The standard InChI is InChI=1S/C17H19NO3/c1-4-18(15-8-6-5-7-12(15)2)16-11-13(21-3)9-10-14(16)17(19)20/h5-11H,4H2,1-3H3,(H,19,20). The summed E-state index contributed by atoms with van der Waals surface area (Å²) in [4.78, 5) is 13.5. The number of aromatic carboxylic acids is 1. The molecule has 0 aliphatic heterocycles. The van der Waals surface area contributed by atoms with Crippen LogP contribution >= 0.6 is 0 Å². The van der Waals surface area contributed by atoms with Crippen LogP contribution in [0.3, 0.4) is 0 Å². The molecule has 0 unspecified atom stereocenters. The molecule has 0 amide bonds. The summed E-state index contributed by atoms with van der Waals surface area (Å²) in [6.07, 6.45) is 0. The van der Waals surface area contributed by atoms with Gasteiger partial charge in [-0.3, -0.25) is 0 Å². The largest absolute Gasteiger partial charge is 0.497 e. The summed E-state index contributed by atoms with van der Waals surface area (Å²) in [6.45, 7) is 4.68. The second-order valence-corrected chi connectivity index (χ2v) is 4.72. The maximum atomic E-state index is 11.5. The Balaban J connectivity index is 2.61. The molecule has 2 rings (SSSR count). The monoisotopic (exact) mass is 285 g/mol. The summed E-state index contributed by atoms with van der Waals surface area (Å²) in [5.74, 6) is -0.304. The number of carbonyl (C=O) groups is 1. The third kappa shape index (κ3) is 2.99. The van der Waals surface area contributed by atoms with E-state index in [1.807, 2.05) is 43.0 Å². The van der Waals surface area contributed by atoms with Crippen LogP contribution in [-0.2, 0) is 0 Å². The Morgan fingerprint density at radius 3 is 2.48 bits per heavy atom.